The van der Waals surface area contributed by atoms with Gasteiger partial charge in [-0.1, -0.05) is 12.1 Å². The summed E-state index contributed by atoms with van der Waals surface area (Å²) in [4.78, 5) is 4.31. The van der Waals surface area contributed by atoms with Crippen molar-refractivity contribution in [2.24, 2.45) is 0 Å². The summed E-state index contributed by atoms with van der Waals surface area (Å²) in [5, 5.41) is 6.96. The number of nitrogens with two attached hydrogens (primary N) is 1. The van der Waals surface area contributed by atoms with Gasteiger partial charge in [-0.2, -0.15) is 4.98 Å². The molecule has 0 aromatic carbocycles. The standard InChI is InChI=1S/C13H18N4O2/c1-3-6-18-13-11(14)4-5-12(16-13)15-8-10-7-9(2)17-19-10/h4-5,7H,3,6,8,14H2,1-2H3,(H,15,16). The van der Waals surface area contributed by atoms with E-state index in [0.29, 0.717) is 30.5 Å². The van der Waals surface area contributed by atoms with Crippen LogP contribution in [0.4, 0.5) is 11.5 Å². The number of pyridine rings is 1. The number of hydrogen-bond donors (Lipinski definition) is 2. The van der Waals surface area contributed by atoms with E-state index in [2.05, 4.69) is 15.5 Å². The molecule has 0 unspecified atom stereocenters. The highest BCUT2D eigenvalue weighted by Gasteiger charge is 2.05. The number of hydrogen-bond acceptors (Lipinski definition) is 6. The maximum Gasteiger partial charge on any atom is 0.239 e. The van der Waals surface area contributed by atoms with E-state index in [1.165, 1.54) is 0 Å². The Morgan fingerprint density at radius 2 is 2.26 bits per heavy atom. The summed E-state index contributed by atoms with van der Waals surface area (Å²) in [5.74, 6) is 1.90. The lowest BCUT2D eigenvalue weighted by atomic mass is 10.3. The minimum atomic E-state index is 0.459. The number of nitrogen functional groups attached to an aromatic ring is 1. The summed E-state index contributed by atoms with van der Waals surface area (Å²) < 4.78 is 10.6. The third-order valence-corrected chi connectivity index (χ3v) is 2.45. The largest absolute Gasteiger partial charge is 0.476 e. The molecule has 0 radical (unpaired) electrons. The molecule has 0 atom stereocenters. The Morgan fingerprint density at radius 1 is 1.42 bits per heavy atom. The minimum absolute atomic E-state index is 0.459. The molecule has 0 fully saturated rings. The summed E-state index contributed by atoms with van der Waals surface area (Å²) in [6, 6.07) is 5.45. The van der Waals surface area contributed by atoms with E-state index < -0.39 is 0 Å². The Kier molecular flexibility index (Phi) is 4.22. The zero-order valence-electron chi connectivity index (χ0n) is 11.1. The van der Waals surface area contributed by atoms with Crippen LogP contribution in [0.15, 0.2) is 22.7 Å². The van der Waals surface area contributed by atoms with Crippen molar-refractivity contribution < 1.29 is 9.26 Å². The first-order valence-corrected chi connectivity index (χ1v) is 6.24. The number of rotatable bonds is 6. The maximum absolute atomic E-state index is 5.80. The highest BCUT2D eigenvalue weighted by atomic mass is 16.5. The lowest BCUT2D eigenvalue weighted by Crippen LogP contribution is -2.05. The van der Waals surface area contributed by atoms with Gasteiger partial charge in [0.2, 0.25) is 5.88 Å². The van der Waals surface area contributed by atoms with Gasteiger partial charge in [0.15, 0.2) is 5.76 Å². The average molecular weight is 262 g/mol. The number of anilines is 2. The van der Waals surface area contributed by atoms with Crippen LogP contribution >= 0.6 is 0 Å². The molecule has 3 N–H and O–H groups in total. The molecule has 0 aliphatic carbocycles. The highest BCUT2D eigenvalue weighted by Crippen LogP contribution is 2.21. The molecular formula is C13H18N4O2. The van der Waals surface area contributed by atoms with Crippen LogP contribution in [-0.2, 0) is 6.54 Å². The Labute approximate surface area is 112 Å². The number of ether oxygens (including phenoxy) is 1. The SMILES string of the molecule is CCCOc1nc(NCc2cc(C)no2)ccc1N. The highest BCUT2D eigenvalue weighted by molar-refractivity contribution is 5.53. The number of aromatic nitrogens is 2. The van der Waals surface area contributed by atoms with Crippen molar-refractivity contribution in [3.05, 3.63) is 29.7 Å². The maximum atomic E-state index is 5.80. The normalized spacial score (nSPS) is 10.4. The smallest absolute Gasteiger partial charge is 0.239 e. The average Bonchev–Trinajstić information content (AvgIpc) is 2.82. The third-order valence-electron chi connectivity index (χ3n) is 2.45. The molecule has 102 valence electrons. The van der Waals surface area contributed by atoms with Crippen molar-refractivity contribution in [1.29, 1.82) is 0 Å². The second kappa shape index (κ2) is 6.08. The van der Waals surface area contributed by atoms with Gasteiger partial charge in [0, 0.05) is 6.07 Å². The molecular weight excluding hydrogens is 244 g/mol. The molecule has 0 aliphatic heterocycles. The quantitative estimate of drug-likeness (QED) is 0.831. The van der Waals surface area contributed by atoms with E-state index in [4.69, 9.17) is 15.0 Å². The van der Waals surface area contributed by atoms with E-state index in [1.807, 2.05) is 19.9 Å². The molecule has 6 nitrogen and oxygen atoms in total. The van der Waals surface area contributed by atoms with Gasteiger partial charge in [-0.05, 0) is 25.5 Å². The Bertz CT molecular complexity index is 539. The molecule has 2 aromatic heterocycles. The van der Waals surface area contributed by atoms with Crippen molar-refractivity contribution >= 4 is 11.5 Å². The van der Waals surface area contributed by atoms with Crippen LogP contribution < -0.4 is 15.8 Å². The van der Waals surface area contributed by atoms with Gasteiger partial charge in [0.05, 0.1) is 24.5 Å². The minimum Gasteiger partial charge on any atom is -0.476 e. The fourth-order valence-electron chi connectivity index (χ4n) is 1.54. The predicted molar refractivity (Wildman–Crippen MR) is 73.0 cm³/mol. The van der Waals surface area contributed by atoms with Crippen molar-refractivity contribution in [2.45, 2.75) is 26.8 Å². The first kappa shape index (κ1) is 13.2. The van der Waals surface area contributed by atoms with E-state index in [1.54, 1.807) is 12.1 Å². The lowest BCUT2D eigenvalue weighted by molar-refractivity contribution is 0.307. The van der Waals surface area contributed by atoms with E-state index >= 15 is 0 Å². The fraction of sp³-hybridized carbons (Fsp3) is 0.385. The van der Waals surface area contributed by atoms with Gasteiger partial charge in [-0.25, -0.2) is 0 Å². The summed E-state index contributed by atoms with van der Waals surface area (Å²) in [5.41, 5.74) is 7.19. The van der Waals surface area contributed by atoms with Crippen LogP contribution in [0.5, 0.6) is 5.88 Å². The van der Waals surface area contributed by atoms with E-state index in [0.717, 1.165) is 17.9 Å². The molecule has 0 bridgehead atoms. The fourth-order valence-corrected chi connectivity index (χ4v) is 1.54. The van der Waals surface area contributed by atoms with Crippen molar-refractivity contribution in [3.63, 3.8) is 0 Å². The van der Waals surface area contributed by atoms with Gasteiger partial charge in [-0.15, -0.1) is 0 Å². The second-order valence-electron chi connectivity index (χ2n) is 4.23. The summed E-state index contributed by atoms with van der Waals surface area (Å²) in [6.45, 7) is 5.03. The summed E-state index contributed by atoms with van der Waals surface area (Å²) in [7, 11) is 0. The summed E-state index contributed by atoms with van der Waals surface area (Å²) >= 11 is 0. The molecule has 2 heterocycles. The van der Waals surface area contributed by atoms with E-state index in [9.17, 15) is 0 Å². The molecule has 19 heavy (non-hydrogen) atoms. The molecule has 6 heteroatoms. The Balaban J connectivity index is 2.00. The topological polar surface area (TPSA) is 86.2 Å². The van der Waals surface area contributed by atoms with Crippen molar-refractivity contribution in [1.82, 2.24) is 10.1 Å². The monoisotopic (exact) mass is 262 g/mol. The molecule has 0 amide bonds. The van der Waals surface area contributed by atoms with Gasteiger partial charge >= 0.3 is 0 Å². The molecule has 2 rings (SSSR count). The zero-order valence-corrected chi connectivity index (χ0v) is 11.1. The van der Waals surface area contributed by atoms with Gasteiger partial charge in [-0.3, -0.25) is 0 Å². The van der Waals surface area contributed by atoms with Crippen molar-refractivity contribution in [3.8, 4) is 5.88 Å². The summed E-state index contributed by atoms with van der Waals surface area (Å²) in [6.07, 6.45) is 0.913. The van der Waals surface area contributed by atoms with Gasteiger partial charge in [0.1, 0.15) is 5.82 Å². The molecule has 2 aromatic rings. The predicted octanol–water partition coefficient (Wildman–Crippen LogP) is 2.36. The van der Waals surface area contributed by atoms with Crippen molar-refractivity contribution in [2.75, 3.05) is 17.7 Å². The second-order valence-corrected chi connectivity index (χ2v) is 4.23. The van der Waals surface area contributed by atoms with Crippen LogP contribution in [0.25, 0.3) is 0 Å². The molecule has 0 saturated heterocycles. The third kappa shape index (κ3) is 3.61. The molecule has 0 spiro atoms. The molecule has 0 saturated carbocycles. The van der Waals surface area contributed by atoms with Crippen LogP contribution in [0.1, 0.15) is 24.8 Å². The van der Waals surface area contributed by atoms with Crippen LogP contribution in [0, 0.1) is 6.92 Å². The zero-order chi connectivity index (χ0) is 13.7. The molecule has 0 aliphatic rings. The first-order valence-electron chi connectivity index (χ1n) is 6.24. The van der Waals surface area contributed by atoms with E-state index in [-0.39, 0.29) is 0 Å². The van der Waals surface area contributed by atoms with Gasteiger partial charge < -0.3 is 20.3 Å². The first-order chi connectivity index (χ1) is 9.19. The number of nitrogens with one attached hydrogen (secondary N) is 1. The van der Waals surface area contributed by atoms with Gasteiger partial charge in [0.25, 0.3) is 0 Å². The van der Waals surface area contributed by atoms with Crippen LogP contribution in [0.3, 0.4) is 0 Å². The number of nitrogens with zero attached hydrogens (tertiary/aromatic N) is 2. The number of aryl methyl sites for hydroxylation is 1. The Hall–Kier alpha value is -2.24. The van der Waals surface area contributed by atoms with Crippen LogP contribution in [0.2, 0.25) is 0 Å². The lowest BCUT2D eigenvalue weighted by Gasteiger charge is -2.09. The Morgan fingerprint density at radius 3 is 2.95 bits per heavy atom. The van der Waals surface area contributed by atoms with Crippen LogP contribution in [-0.4, -0.2) is 16.7 Å².